The second-order valence-electron chi connectivity index (χ2n) is 7.64. The van der Waals surface area contributed by atoms with E-state index in [9.17, 15) is 0 Å². The fourth-order valence-electron chi connectivity index (χ4n) is 4.12. The Morgan fingerprint density at radius 1 is 1.00 bits per heavy atom. The zero-order chi connectivity index (χ0) is 13.2. The van der Waals surface area contributed by atoms with Crippen LogP contribution in [-0.2, 0) is 0 Å². The number of nitrogens with one attached hydrogen (secondary N) is 1. The van der Waals surface area contributed by atoms with E-state index in [2.05, 4.69) is 24.1 Å². The van der Waals surface area contributed by atoms with Crippen molar-refractivity contribution >= 4 is 0 Å². The van der Waals surface area contributed by atoms with Crippen LogP contribution in [0.1, 0.15) is 58.8 Å². The summed E-state index contributed by atoms with van der Waals surface area (Å²) in [7, 11) is 0. The molecule has 1 unspecified atom stereocenters. The summed E-state index contributed by atoms with van der Waals surface area (Å²) in [6.45, 7) is 8.81. The first-order chi connectivity index (χ1) is 9.22. The van der Waals surface area contributed by atoms with Gasteiger partial charge in [-0.1, -0.05) is 13.8 Å². The van der Waals surface area contributed by atoms with Crippen molar-refractivity contribution in [1.29, 1.82) is 0 Å². The Hall–Kier alpha value is -0.0800. The second-order valence-corrected chi connectivity index (χ2v) is 7.64. The van der Waals surface area contributed by atoms with Gasteiger partial charge in [-0.25, -0.2) is 0 Å². The van der Waals surface area contributed by atoms with E-state index in [1.807, 2.05) is 0 Å². The average molecular weight is 264 g/mol. The molecule has 0 aromatic rings. The van der Waals surface area contributed by atoms with Gasteiger partial charge in [-0.3, -0.25) is 0 Å². The van der Waals surface area contributed by atoms with Crippen molar-refractivity contribution < 1.29 is 0 Å². The molecule has 2 aliphatic carbocycles. The Balaban J connectivity index is 1.32. The van der Waals surface area contributed by atoms with Crippen molar-refractivity contribution in [1.82, 2.24) is 10.2 Å². The largest absolute Gasteiger partial charge is 0.314 e. The number of hydrogen-bond acceptors (Lipinski definition) is 2. The predicted molar refractivity (Wildman–Crippen MR) is 81.3 cm³/mol. The minimum atomic E-state index is 0.824. The highest BCUT2D eigenvalue weighted by Crippen LogP contribution is 2.32. The molecule has 0 amide bonds. The fourth-order valence-corrected chi connectivity index (χ4v) is 4.12. The molecule has 1 heterocycles. The van der Waals surface area contributed by atoms with Crippen molar-refractivity contribution in [2.45, 2.75) is 70.9 Å². The highest BCUT2D eigenvalue weighted by atomic mass is 15.2. The average Bonchev–Trinajstić information content (AvgIpc) is 3.16. The van der Waals surface area contributed by atoms with Gasteiger partial charge in [0.05, 0.1) is 0 Å². The molecule has 2 nitrogen and oxygen atoms in total. The van der Waals surface area contributed by atoms with Gasteiger partial charge in [0.1, 0.15) is 0 Å². The summed E-state index contributed by atoms with van der Waals surface area (Å²) in [5, 5.41) is 3.88. The molecule has 2 heteroatoms. The molecular weight excluding hydrogens is 232 g/mol. The first-order valence-corrected chi connectivity index (χ1v) is 8.70. The van der Waals surface area contributed by atoms with Gasteiger partial charge < -0.3 is 10.2 Å². The summed E-state index contributed by atoms with van der Waals surface area (Å²) in [6, 6.07) is 1.80. The predicted octanol–water partition coefficient (Wildman–Crippen LogP) is 3.28. The van der Waals surface area contributed by atoms with Crippen LogP contribution >= 0.6 is 0 Å². The summed E-state index contributed by atoms with van der Waals surface area (Å²) < 4.78 is 0. The maximum atomic E-state index is 3.88. The molecule has 1 N–H and O–H groups in total. The van der Waals surface area contributed by atoms with Gasteiger partial charge in [0.2, 0.25) is 0 Å². The summed E-state index contributed by atoms with van der Waals surface area (Å²) in [5.74, 6) is 2.82. The normalized spacial score (nSPS) is 37.1. The Bertz CT molecular complexity index is 277. The molecule has 2 saturated carbocycles. The Kier molecular flexibility index (Phi) is 4.48. The summed E-state index contributed by atoms with van der Waals surface area (Å²) in [6.07, 6.45) is 10.1. The van der Waals surface area contributed by atoms with Crippen LogP contribution in [0.5, 0.6) is 0 Å². The van der Waals surface area contributed by atoms with E-state index in [4.69, 9.17) is 0 Å². The monoisotopic (exact) mass is 264 g/mol. The van der Waals surface area contributed by atoms with E-state index in [-0.39, 0.29) is 0 Å². The quantitative estimate of drug-likeness (QED) is 0.820. The molecule has 110 valence electrons. The van der Waals surface area contributed by atoms with Crippen LogP contribution < -0.4 is 5.32 Å². The number of hydrogen-bond donors (Lipinski definition) is 1. The lowest BCUT2D eigenvalue weighted by atomic mass is 9.79. The minimum absolute atomic E-state index is 0.824. The van der Waals surface area contributed by atoms with Crippen molar-refractivity contribution in [3.05, 3.63) is 0 Å². The maximum absolute atomic E-state index is 3.88. The fraction of sp³-hybridized carbons (Fsp3) is 1.00. The van der Waals surface area contributed by atoms with Gasteiger partial charge in [-0.15, -0.1) is 0 Å². The molecule has 1 aliphatic heterocycles. The molecule has 1 atom stereocenters. The first kappa shape index (κ1) is 13.9. The van der Waals surface area contributed by atoms with Crippen LogP contribution in [-0.4, -0.2) is 36.6 Å². The van der Waals surface area contributed by atoms with Crippen LogP contribution in [0.3, 0.4) is 0 Å². The van der Waals surface area contributed by atoms with Crippen LogP contribution in [0.15, 0.2) is 0 Å². The number of nitrogens with zero attached hydrogens (tertiary/aromatic N) is 1. The minimum Gasteiger partial charge on any atom is -0.314 e. The number of rotatable bonds is 5. The van der Waals surface area contributed by atoms with E-state index in [0.29, 0.717) is 0 Å². The molecule has 0 aromatic heterocycles. The maximum Gasteiger partial charge on any atom is 0.00965 e. The van der Waals surface area contributed by atoms with Gasteiger partial charge in [0.15, 0.2) is 0 Å². The lowest BCUT2D eigenvalue weighted by Crippen LogP contribution is -2.37. The highest BCUT2D eigenvalue weighted by Gasteiger charge is 2.34. The molecule has 0 radical (unpaired) electrons. The SMILES string of the molecule is CC(C)C1CCC(NCC2CCN(C3CC3)C2)CC1. The van der Waals surface area contributed by atoms with Crippen molar-refractivity contribution in [2.75, 3.05) is 19.6 Å². The molecule has 1 saturated heterocycles. The van der Waals surface area contributed by atoms with E-state index >= 15 is 0 Å². The lowest BCUT2D eigenvalue weighted by Gasteiger charge is -2.32. The van der Waals surface area contributed by atoms with Gasteiger partial charge in [0, 0.05) is 18.6 Å². The summed E-state index contributed by atoms with van der Waals surface area (Å²) in [4.78, 5) is 2.74. The third-order valence-corrected chi connectivity index (χ3v) is 5.79. The Labute approximate surface area is 119 Å². The molecule has 3 fully saturated rings. The third-order valence-electron chi connectivity index (χ3n) is 5.79. The van der Waals surface area contributed by atoms with Gasteiger partial charge in [0.25, 0.3) is 0 Å². The zero-order valence-corrected chi connectivity index (χ0v) is 12.9. The zero-order valence-electron chi connectivity index (χ0n) is 12.9. The third kappa shape index (κ3) is 3.72. The van der Waals surface area contributed by atoms with Gasteiger partial charge in [-0.05, 0) is 75.8 Å². The molecule has 0 spiro atoms. The van der Waals surface area contributed by atoms with Crippen LogP contribution in [0.25, 0.3) is 0 Å². The van der Waals surface area contributed by atoms with Crippen LogP contribution in [0.4, 0.5) is 0 Å². The second kappa shape index (κ2) is 6.13. The van der Waals surface area contributed by atoms with Crippen molar-refractivity contribution in [3.63, 3.8) is 0 Å². The molecule has 19 heavy (non-hydrogen) atoms. The topological polar surface area (TPSA) is 15.3 Å². The van der Waals surface area contributed by atoms with Crippen molar-refractivity contribution in [3.8, 4) is 0 Å². The Morgan fingerprint density at radius 2 is 1.74 bits per heavy atom. The van der Waals surface area contributed by atoms with Crippen LogP contribution in [0, 0.1) is 17.8 Å². The summed E-state index contributed by atoms with van der Waals surface area (Å²) in [5.41, 5.74) is 0. The lowest BCUT2D eigenvalue weighted by molar-refractivity contribution is 0.232. The van der Waals surface area contributed by atoms with E-state index in [1.54, 1.807) is 0 Å². The van der Waals surface area contributed by atoms with Gasteiger partial charge >= 0.3 is 0 Å². The van der Waals surface area contributed by atoms with E-state index in [0.717, 1.165) is 29.8 Å². The standard InChI is InChI=1S/C17H32N2/c1-13(2)15-3-5-16(6-4-15)18-11-14-9-10-19(12-14)17-7-8-17/h13-18H,3-12H2,1-2H3. The first-order valence-electron chi connectivity index (χ1n) is 8.70. The molecular formula is C17H32N2. The smallest absolute Gasteiger partial charge is 0.00965 e. The molecule has 0 bridgehead atoms. The molecule has 3 rings (SSSR count). The number of likely N-dealkylation sites (tertiary alicyclic amines) is 1. The van der Waals surface area contributed by atoms with Gasteiger partial charge in [-0.2, -0.15) is 0 Å². The van der Waals surface area contributed by atoms with Crippen molar-refractivity contribution in [2.24, 2.45) is 17.8 Å². The van der Waals surface area contributed by atoms with Crippen LogP contribution in [0.2, 0.25) is 0 Å². The van der Waals surface area contributed by atoms with E-state index < -0.39 is 0 Å². The highest BCUT2D eigenvalue weighted by molar-refractivity contribution is 4.90. The molecule has 0 aromatic carbocycles. The summed E-state index contributed by atoms with van der Waals surface area (Å²) >= 11 is 0. The Morgan fingerprint density at radius 3 is 2.37 bits per heavy atom. The molecule has 3 aliphatic rings. The van der Waals surface area contributed by atoms with E-state index in [1.165, 1.54) is 64.6 Å².